The lowest BCUT2D eigenvalue weighted by Crippen LogP contribution is -2.28. The van der Waals surface area contributed by atoms with Crippen LogP contribution in [0.3, 0.4) is 0 Å². The van der Waals surface area contributed by atoms with Crippen molar-refractivity contribution in [3.63, 3.8) is 0 Å². The highest BCUT2D eigenvalue weighted by molar-refractivity contribution is 5.90. The summed E-state index contributed by atoms with van der Waals surface area (Å²) in [5.41, 5.74) is 1.60. The monoisotopic (exact) mass is 275 g/mol. The Bertz CT molecular complexity index is 595. The van der Waals surface area contributed by atoms with Gasteiger partial charge in [-0.25, -0.2) is 4.79 Å². The number of hydrogen-bond acceptors (Lipinski definition) is 4. The van der Waals surface area contributed by atoms with E-state index in [1.54, 1.807) is 30.3 Å². The lowest BCUT2D eigenvalue weighted by molar-refractivity contribution is -0.136. The van der Waals surface area contributed by atoms with Crippen molar-refractivity contribution in [1.82, 2.24) is 10.5 Å². The Balaban J connectivity index is 1.95. The van der Waals surface area contributed by atoms with E-state index in [4.69, 9.17) is 5.11 Å². The first kappa shape index (κ1) is 13.6. The van der Waals surface area contributed by atoms with Gasteiger partial charge in [0.15, 0.2) is 0 Å². The number of urea groups is 1. The molecule has 0 saturated carbocycles. The van der Waals surface area contributed by atoms with E-state index in [2.05, 4.69) is 20.3 Å². The number of aromatic nitrogens is 1. The third-order valence-corrected chi connectivity index (χ3v) is 2.53. The molecule has 20 heavy (non-hydrogen) atoms. The summed E-state index contributed by atoms with van der Waals surface area (Å²) in [6, 6.07) is 7.94. The van der Waals surface area contributed by atoms with Crippen LogP contribution in [0.15, 0.2) is 41.1 Å². The van der Waals surface area contributed by atoms with E-state index in [0.717, 1.165) is 0 Å². The molecule has 7 heteroatoms. The average Bonchev–Trinajstić information content (AvgIpc) is 2.91. The maximum atomic E-state index is 11.7. The summed E-state index contributed by atoms with van der Waals surface area (Å²) in [4.78, 5) is 22.5. The number of anilines is 1. The molecule has 7 nitrogen and oxygen atoms in total. The van der Waals surface area contributed by atoms with Crippen molar-refractivity contribution in [1.29, 1.82) is 0 Å². The SMILES string of the molecule is O=C(O)Cc1ccccc1NC(=O)NCc1ccon1. The molecule has 0 aliphatic heterocycles. The fourth-order valence-electron chi connectivity index (χ4n) is 1.63. The number of amides is 2. The van der Waals surface area contributed by atoms with Gasteiger partial charge in [-0.1, -0.05) is 23.4 Å². The molecule has 0 radical (unpaired) electrons. The second-order valence-electron chi connectivity index (χ2n) is 4.03. The number of para-hydroxylation sites is 1. The largest absolute Gasteiger partial charge is 0.481 e. The van der Waals surface area contributed by atoms with Crippen LogP contribution in [0.2, 0.25) is 0 Å². The van der Waals surface area contributed by atoms with E-state index in [1.165, 1.54) is 6.26 Å². The molecule has 0 bridgehead atoms. The molecular weight excluding hydrogens is 262 g/mol. The number of nitrogens with zero attached hydrogens (tertiary/aromatic N) is 1. The zero-order valence-electron chi connectivity index (χ0n) is 10.5. The Morgan fingerprint density at radius 3 is 2.75 bits per heavy atom. The fourth-order valence-corrected chi connectivity index (χ4v) is 1.63. The van der Waals surface area contributed by atoms with Crippen LogP contribution in [-0.4, -0.2) is 22.3 Å². The summed E-state index contributed by atoms with van der Waals surface area (Å²) >= 11 is 0. The highest BCUT2D eigenvalue weighted by Gasteiger charge is 2.09. The van der Waals surface area contributed by atoms with Crippen molar-refractivity contribution in [2.75, 3.05) is 5.32 Å². The number of carboxylic acids is 1. The summed E-state index contributed by atoms with van der Waals surface area (Å²) in [7, 11) is 0. The van der Waals surface area contributed by atoms with Gasteiger partial charge in [0.1, 0.15) is 12.0 Å². The summed E-state index contributed by atoms with van der Waals surface area (Å²) in [5.74, 6) is -0.956. The second kappa shape index (κ2) is 6.37. The van der Waals surface area contributed by atoms with Gasteiger partial charge in [0.2, 0.25) is 0 Å². The Morgan fingerprint density at radius 1 is 1.25 bits per heavy atom. The minimum absolute atomic E-state index is 0.153. The molecule has 0 spiro atoms. The van der Waals surface area contributed by atoms with E-state index in [9.17, 15) is 9.59 Å². The summed E-state index contributed by atoms with van der Waals surface area (Å²) in [6.45, 7) is 0.226. The fraction of sp³-hybridized carbons (Fsp3) is 0.154. The number of nitrogens with one attached hydrogen (secondary N) is 2. The Hall–Kier alpha value is -2.83. The van der Waals surface area contributed by atoms with Gasteiger partial charge in [-0.2, -0.15) is 0 Å². The van der Waals surface area contributed by atoms with Crippen LogP contribution in [0.25, 0.3) is 0 Å². The maximum Gasteiger partial charge on any atom is 0.319 e. The van der Waals surface area contributed by atoms with Crippen molar-refractivity contribution in [3.05, 3.63) is 47.9 Å². The number of carbonyl (C=O) groups excluding carboxylic acids is 1. The Kier molecular flexibility index (Phi) is 4.33. The van der Waals surface area contributed by atoms with Gasteiger partial charge in [-0.05, 0) is 11.6 Å². The number of aliphatic carboxylic acids is 1. The predicted molar refractivity (Wildman–Crippen MR) is 70.1 cm³/mol. The highest BCUT2D eigenvalue weighted by Crippen LogP contribution is 2.15. The molecule has 1 aromatic carbocycles. The summed E-state index contributed by atoms with van der Waals surface area (Å²) < 4.78 is 4.64. The number of benzene rings is 1. The molecule has 0 unspecified atom stereocenters. The maximum absolute atomic E-state index is 11.7. The molecule has 2 rings (SSSR count). The minimum Gasteiger partial charge on any atom is -0.481 e. The molecular formula is C13H13N3O4. The normalized spacial score (nSPS) is 10.0. The Morgan fingerprint density at radius 2 is 2.05 bits per heavy atom. The molecule has 3 N–H and O–H groups in total. The topological polar surface area (TPSA) is 104 Å². The van der Waals surface area contributed by atoms with Crippen molar-refractivity contribution in [2.45, 2.75) is 13.0 Å². The first-order valence-electron chi connectivity index (χ1n) is 5.89. The first-order valence-corrected chi connectivity index (χ1v) is 5.89. The molecule has 2 amide bonds. The van der Waals surface area contributed by atoms with Gasteiger partial charge in [0.25, 0.3) is 0 Å². The molecule has 104 valence electrons. The van der Waals surface area contributed by atoms with Gasteiger partial charge in [0.05, 0.1) is 13.0 Å². The van der Waals surface area contributed by atoms with Crippen LogP contribution in [0.4, 0.5) is 10.5 Å². The molecule has 0 fully saturated rings. The number of hydrogen-bond donors (Lipinski definition) is 3. The smallest absolute Gasteiger partial charge is 0.319 e. The molecule has 0 aliphatic carbocycles. The van der Waals surface area contributed by atoms with E-state index in [0.29, 0.717) is 16.9 Å². The molecule has 0 saturated heterocycles. The number of rotatable bonds is 5. The number of carboxylic acid groups (broad SMARTS) is 1. The average molecular weight is 275 g/mol. The standard InChI is InChI=1S/C13H13N3O4/c17-12(18)7-9-3-1-2-4-11(9)15-13(19)14-8-10-5-6-20-16-10/h1-6H,7-8H2,(H,17,18)(H2,14,15,19). The first-order chi connectivity index (χ1) is 9.65. The molecule has 0 aliphatic rings. The summed E-state index contributed by atoms with van der Waals surface area (Å²) in [6.07, 6.45) is 1.26. The van der Waals surface area contributed by atoms with Crippen molar-refractivity contribution >= 4 is 17.7 Å². The predicted octanol–water partition coefficient (Wildman–Crippen LogP) is 1.62. The van der Waals surface area contributed by atoms with Crippen LogP contribution >= 0.6 is 0 Å². The molecule has 1 aromatic heterocycles. The van der Waals surface area contributed by atoms with Gasteiger partial charge >= 0.3 is 12.0 Å². The third-order valence-electron chi connectivity index (χ3n) is 2.53. The second-order valence-corrected chi connectivity index (χ2v) is 4.03. The highest BCUT2D eigenvalue weighted by atomic mass is 16.5. The minimum atomic E-state index is -0.956. The zero-order chi connectivity index (χ0) is 14.4. The van der Waals surface area contributed by atoms with Crippen LogP contribution in [0.1, 0.15) is 11.3 Å². The number of carbonyl (C=O) groups is 2. The van der Waals surface area contributed by atoms with Gasteiger partial charge in [-0.15, -0.1) is 0 Å². The molecule has 1 heterocycles. The molecule has 2 aromatic rings. The van der Waals surface area contributed by atoms with E-state index in [1.807, 2.05) is 0 Å². The quantitative estimate of drug-likeness (QED) is 0.769. The lowest BCUT2D eigenvalue weighted by atomic mass is 10.1. The van der Waals surface area contributed by atoms with Crippen molar-refractivity contribution in [2.24, 2.45) is 0 Å². The van der Waals surface area contributed by atoms with E-state index >= 15 is 0 Å². The van der Waals surface area contributed by atoms with E-state index < -0.39 is 12.0 Å². The lowest BCUT2D eigenvalue weighted by Gasteiger charge is -2.10. The van der Waals surface area contributed by atoms with Gasteiger partial charge in [0, 0.05) is 11.8 Å². The summed E-state index contributed by atoms with van der Waals surface area (Å²) in [5, 5.41) is 17.7. The molecule has 0 atom stereocenters. The van der Waals surface area contributed by atoms with Crippen LogP contribution < -0.4 is 10.6 Å². The zero-order valence-corrected chi connectivity index (χ0v) is 10.5. The third kappa shape index (κ3) is 3.84. The van der Waals surface area contributed by atoms with Crippen LogP contribution in [0.5, 0.6) is 0 Å². The van der Waals surface area contributed by atoms with Crippen molar-refractivity contribution < 1.29 is 19.2 Å². The van der Waals surface area contributed by atoms with Crippen LogP contribution in [0, 0.1) is 0 Å². The van der Waals surface area contributed by atoms with Gasteiger partial charge < -0.3 is 20.3 Å². The van der Waals surface area contributed by atoms with Gasteiger partial charge in [-0.3, -0.25) is 4.79 Å². The Labute approximate surface area is 114 Å². The van der Waals surface area contributed by atoms with Crippen molar-refractivity contribution in [3.8, 4) is 0 Å². The van der Waals surface area contributed by atoms with Crippen LogP contribution in [-0.2, 0) is 17.8 Å². The van der Waals surface area contributed by atoms with E-state index in [-0.39, 0.29) is 13.0 Å².